The maximum Gasteiger partial charge on any atom is 0.233 e. The van der Waals surface area contributed by atoms with Gasteiger partial charge in [-0.15, -0.1) is 0 Å². The monoisotopic (exact) mass is 252 g/mol. The number of carbonyl (C=O) groups is 1. The van der Waals surface area contributed by atoms with Gasteiger partial charge in [-0.25, -0.2) is 0 Å². The van der Waals surface area contributed by atoms with Gasteiger partial charge >= 0.3 is 0 Å². The summed E-state index contributed by atoms with van der Waals surface area (Å²) in [5, 5.41) is 6.15. The Bertz CT molecular complexity index is 272. The maximum absolute atomic E-state index is 11.5. The van der Waals surface area contributed by atoms with Gasteiger partial charge in [0.05, 0.1) is 6.54 Å². The van der Waals surface area contributed by atoms with Crippen molar-refractivity contribution in [2.75, 3.05) is 19.6 Å². The molecule has 1 rings (SSSR count). The summed E-state index contributed by atoms with van der Waals surface area (Å²) in [6.45, 7) is 6.55. The van der Waals surface area contributed by atoms with Crippen LogP contribution >= 0.6 is 0 Å². The van der Waals surface area contributed by atoms with Crippen molar-refractivity contribution in [2.45, 2.75) is 52.4 Å². The zero-order valence-electron chi connectivity index (χ0n) is 11.9. The molecule has 0 aromatic rings. The van der Waals surface area contributed by atoms with E-state index in [1.165, 1.54) is 31.3 Å². The summed E-state index contributed by atoms with van der Waals surface area (Å²) in [4.78, 5) is 11.5. The average molecular weight is 252 g/mol. The molecule has 1 aliphatic carbocycles. The van der Waals surface area contributed by atoms with Crippen LogP contribution in [0.4, 0.5) is 0 Å². The Balaban J connectivity index is 1.98. The first-order valence-electron chi connectivity index (χ1n) is 7.34. The summed E-state index contributed by atoms with van der Waals surface area (Å²) in [5.74, 6) is 0.814. The minimum absolute atomic E-state index is 0.121. The van der Waals surface area contributed by atoms with E-state index in [4.69, 9.17) is 0 Å². The van der Waals surface area contributed by atoms with Gasteiger partial charge in [-0.3, -0.25) is 4.79 Å². The van der Waals surface area contributed by atoms with E-state index in [9.17, 15) is 4.79 Å². The van der Waals surface area contributed by atoms with Crippen molar-refractivity contribution in [2.24, 2.45) is 5.92 Å². The summed E-state index contributed by atoms with van der Waals surface area (Å²) in [7, 11) is 0. The number of hydrogen-bond donors (Lipinski definition) is 2. The van der Waals surface area contributed by atoms with Crippen LogP contribution in [0.3, 0.4) is 0 Å². The van der Waals surface area contributed by atoms with Crippen molar-refractivity contribution >= 4 is 5.91 Å². The van der Waals surface area contributed by atoms with Crippen LogP contribution in [0.5, 0.6) is 0 Å². The van der Waals surface area contributed by atoms with Gasteiger partial charge in [0.25, 0.3) is 0 Å². The van der Waals surface area contributed by atoms with Crippen LogP contribution in [-0.2, 0) is 4.79 Å². The summed E-state index contributed by atoms with van der Waals surface area (Å²) in [6.07, 6.45) is 9.59. The van der Waals surface area contributed by atoms with Gasteiger partial charge in [-0.2, -0.15) is 0 Å². The molecule has 3 nitrogen and oxygen atoms in total. The van der Waals surface area contributed by atoms with Crippen LogP contribution < -0.4 is 10.6 Å². The van der Waals surface area contributed by atoms with Crippen molar-refractivity contribution in [3.8, 4) is 0 Å². The lowest BCUT2D eigenvalue weighted by atomic mass is 9.97. The molecule has 0 aromatic heterocycles. The highest BCUT2D eigenvalue weighted by molar-refractivity contribution is 5.77. The molecule has 18 heavy (non-hydrogen) atoms. The molecule has 1 aliphatic rings. The highest BCUT2D eigenvalue weighted by Gasteiger charge is 2.04. The molecular weight excluding hydrogens is 224 g/mol. The third-order valence-electron chi connectivity index (χ3n) is 3.34. The molecule has 3 heteroatoms. The van der Waals surface area contributed by atoms with E-state index >= 15 is 0 Å². The first kappa shape index (κ1) is 15.2. The van der Waals surface area contributed by atoms with Crippen molar-refractivity contribution in [1.82, 2.24) is 10.6 Å². The zero-order chi connectivity index (χ0) is 13.2. The lowest BCUT2D eigenvalue weighted by molar-refractivity contribution is -0.120. The van der Waals surface area contributed by atoms with E-state index in [2.05, 4.69) is 30.6 Å². The lowest BCUT2D eigenvalue weighted by Gasteiger charge is -2.13. The molecule has 0 bridgehead atoms. The highest BCUT2D eigenvalue weighted by atomic mass is 16.1. The second-order valence-corrected chi connectivity index (χ2v) is 5.57. The summed E-state index contributed by atoms with van der Waals surface area (Å²) < 4.78 is 0. The molecule has 0 fully saturated rings. The van der Waals surface area contributed by atoms with E-state index in [1.807, 2.05) is 0 Å². The Hall–Kier alpha value is -0.830. The topological polar surface area (TPSA) is 41.1 Å². The first-order valence-corrected chi connectivity index (χ1v) is 7.34. The molecule has 0 radical (unpaired) electrons. The fourth-order valence-corrected chi connectivity index (χ4v) is 2.15. The molecular formula is C15H28N2O. The largest absolute Gasteiger partial charge is 0.355 e. The van der Waals surface area contributed by atoms with Crippen LogP contribution in [0.1, 0.15) is 52.4 Å². The average Bonchev–Trinajstić information content (AvgIpc) is 2.36. The van der Waals surface area contributed by atoms with E-state index < -0.39 is 0 Å². The van der Waals surface area contributed by atoms with Crippen molar-refractivity contribution in [3.05, 3.63) is 11.6 Å². The number of allylic oxidation sites excluding steroid dienone is 1. The standard InChI is InChI=1S/C15H28N2O/c1-13(2)8-10-16-12-15(18)17-11-9-14-6-4-3-5-7-14/h6,13,16H,3-5,7-12H2,1-2H3,(H,17,18). The summed E-state index contributed by atoms with van der Waals surface area (Å²) in [6, 6.07) is 0. The molecule has 104 valence electrons. The molecule has 0 atom stereocenters. The zero-order valence-corrected chi connectivity index (χ0v) is 11.9. The number of carbonyl (C=O) groups excluding carboxylic acids is 1. The van der Waals surface area contributed by atoms with E-state index in [-0.39, 0.29) is 5.91 Å². The summed E-state index contributed by atoms with van der Waals surface area (Å²) in [5.41, 5.74) is 1.52. The fraction of sp³-hybridized carbons (Fsp3) is 0.800. The van der Waals surface area contributed by atoms with Gasteiger partial charge in [-0.1, -0.05) is 25.5 Å². The van der Waals surface area contributed by atoms with Crippen LogP contribution in [0.15, 0.2) is 11.6 Å². The first-order chi connectivity index (χ1) is 8.68. The molecule has 0 saturated carbocycles. The predicted octanol–water partition coefficient (Wildman–Crippen LogP) is 2.63. The smallest absolute Gasteiger partial charge is 0.233 e. The molecule has 0 aromatic carbocycles. The Morgan fingerprint density at radius 3 is 2.83 bits per heavy atom. The quantitative estimate of drug-likeness (QED) is 0.515. The third-order valence-corrected chi connectivity index (χ3v) is 3.34. The van der Waals surface area contributed by atoms with Crippen LogP contribution in [0.2, 0.25) is 0 Å². The second kappa shape index (κ2) is 9.15. The SMILES string of the molecule is CC(C)CCNCC(=O)NCCC1=CCCCC1. The van der Waals surface area contributed by atoms with Crippen molar-refractivity contribution < 1.29 is 4.79 Å². The molecule has 0 unspecified atom stereocenters. The predicted molar refractivity (Wildman–Crippen MR) is 76.5 cm³/mol. The van der Waals surface area contributed by atoms with Gasteiger partial charge in [0.1, 0.15) is 0 Å². The highest BCUT2D eigenvalue weighted by Crippen LogP contribution is 2.19. The Labute approximate surface area is 111 Å². The van der Waals surface area contributed by atoms with Gasteiger partial charge in [0, 0.05) is 6.54 Å². The van der Waals surface area contributed by atoms with Gasteiger partial charge in [0.2, 0.25) is 5.91 Å². The van der Waals surface area contributed by atoms with E-state index in [0.717, 1.165) is 25.9 Å². The molecule has 0 spiro atoms. The van der Waals surface area contributed by atoms with Crippen molar-refractivity contribution in [1.29, 1.82) is 0 Å². The molecule has 0 heterocycles. The minimum atomic E-state index is 0.121. The third kappa shape index (κ3) is 7.49. The van der Waals surface area contributed by atoms with Gasteiger partial charge < -0.3 is 10.6 Å². The Kier molecular flexibility index (Phi) is 7.74. The molecule has 0 aliphatic heterocycles. The van der Waals surface area contributed by atoms with Crippen LogP contribution in [0.25, 0.3) is 0 Å². The Morgan fingerprint density at radius 1 is 1.33 bits per heavy atom. The molecule has 0 saturated heterocycles. The van der Waals surface area contributed by atoms with E-state index in [0.29, 0.717) is 12.5 Å². The normalized spacial score (nSPS) is 15.6. The van der Waals surface area contributed by atoms with Crippen LogP contribution in [-0.4, -0.2) is 25.5 Å². The minimum Gasteiger partial charge on any atom is -0.355 e. The maximum atomic E-state index is 11.5. The molecule has 2 N–H and O–H groups in total. The molecule has 1 amide bonds. The summed E-state index contributed by atoms with van der Waals surface area (Å²) >= 11 is 0. The number of rotatable bonds is 8. The second-order valence-electron chi connectivity index (χ2n) is 5.57. The van der Waals surface area contributed by atoms with Gasteiger partial charge in [0.15, 0.2) is 0 Å². The van der Waals surface area contributed by atoms with Crippen LogP contribution in [0, 0.1) is 5.92 Å². The Morgan fingerprint density at radius 2 is 2.17 bits per heavy atom. The van der Waals surface area contributed by atoms with E-state index in [1.54, 1.807) is 0 Å². The number of nitrogens with one attached hydrogen (secondary N) is 2. The number of amides is 1. The van der Waals surface area contributed by atoms with Crippen molar-refractivity contribution in [3.63, 3.8) is 0 Å². The fourth-order valence-electron chi connectivity index (χ4n) is 2.15. The number of hydrogen-bond acceptors (Lipinski definition) is 2. The lowest BCUT2D eigenvalue weighted by Crippen LogP contribution is -2.35. The van der Waals surface area contributed by atoms with Gasteiger partial charge in [-0.05, 0) is 51.0 Å².